The van der Waals surface area contributed by atoms with Gasteiger partial charge in [0.15, 0.2) is 0 Å². The standard InChI is InChI=1S/C24H26F3N7O2/c1-28-21-14-22(30-15-29-21)36-20-5-3-17(4-6-20)31-23(35)32-18-11-16(24(25,26)27)12-19(13-18)34-9-7-33(2)8-10-34/h3-6,11-15H,7-10H2,1-2H3,(H,28,29,30)(H2,31,32,35). The summed E-state index contributed by atoms with van der Waals surface area (Å²) in [5.41, 5.74) is 0.0905. The molecular formula is C24H26F3N7O2. The summed E-state index contributed by atoms with van der Waals surface area (Å²) < 4.78 is 46.2. The van der Waals surface area contributed by atoms with Gasteiger partial charge in [-0.1, -0.05) is 0 Å². The van der Waals surface area contributed by atoms with Crippen LogP contribution < -0.4 is 25.6 Å². The van der Waals surface area contributed by atoms with E-state index in [1.807, 2.05) is 11.9 Å². The SMILES string of the molecule is CNc1cc(Oc2ccc(NC(=O)Nc3cc(N4CCN(C)CC4)cc(C(F)(F)F)c3)cc2)ncn1. The van der Waals surface area contributed by atoms with Gasteiger partial charge in [-0.3, -0.25) is 0 Å². The van der Waals surface area contributed by atoms with Crippen molar-refractivity contribution in [3.63, 3.8) is 0 Å². The van der Waals surface area contributed by atoms with E-state index in [-0.39, 0.29) is 5.69 Å². The highest BCUT2D eigenvalue weighted by Crippen LogP contribution is 2.35. The summed E-state index contributed by atoms with van der Waals surface area (Å²) in [6.45, 7) is 2.69. The van der Waals surface area contributed by atoms with Crippen LogP contribution in [-0.4, -0.2) is 61.2 Å². The zero-order valence-corrected chi connectivity index (χ0v) is 19.8. The second-order valence-electron chi connectivity index (χ2n) is 8.25. The number of aromatic nitrogens is 2. The molecule has 1 fully saturated rings. The summed E-state index contributed by atoms with van der Waals surface area (Å²) in [7, 11) is 3.69. The molecule has 0 spiro atoms. The number of rotatable bonds is 6. The Balaban J connectivity index is 1.42. The van der Waals surface area contributed by atoms with Crippen molar-refractivity contribution in [2.75, 3.05) is 61.1 Å². The van der Waals surface area contributed by atoms with Gasteiger partial charge in [0.1, 0.15) is 17.9 Å². The van der Waals surface area contributed by atoms with Crippen molar-refractivity contribution in [1.82, 2.24) is 14.9 Å². The normalized spacial score (nSPS) is 14.3. The highest BCUT2D eigenvalue weighted by Gasteiger charge is 2.32. The molecule has 3 aromatic rings. The third-order valence-electron chi connectivity index (χ3n) is 5.60. The number of carbonyl (C=O) groups excluding carboxylic acids is 1. The number of nitrogens with zero attached hydrogens (tertiary/aromatic N) is 4. The maximum absolute atomic E-state index is 13.5. The number of urea groups is 1. The van der Waals surface area contributed by atoms with Crippen LogP contribution in [0.15, 0.2) is 54.9 Å². The van der Waals surface area contributed by atoms with Gasteiger partial charge >= 0.3 is 12.2 Å². The van der Waals surface area contributed by atoms with Crippen molar-refractivity contribution in [2.45, 2.75) is 6.18 Å². The van der Waals surface area contributed by atoms with Gasteiger partial charge in [-0.15, -0.1) is 0 Å². The van der Waals surface area contributed by atoms with Crippen molar-refractivity contribution < 1.29 is 22.7 Å². The molecular weight excluding hydrogens is 475 g/mol. The highest BCUT2D eigenvalue weighted by molar-refractivity contribution is 6.00. The van der Waals surface area contributed by atoms with E-state index < -0.39 is 17.8 Å². The first-order valence-corrected chi connectivity index (χ1v) is 11.2. The Morgan fingerprint density at radius 3 is 2.31 bits per heavy atom. The van der Waals surface area contributed by atoms with Crippen LogP contribution in [0.1, 0.15) is 5.56 Å². The van der Waals surface area contributed by atoms with E-state index in [0.717, 1.165) is 25.2 Å². The van der Waals surface area contributed by atoms with Gasteiger partial charge in [-0.05, 0) is 49.5 Å². The summed E-state index contributed by atoms with van der Waals surface area (Å²) >= 11 is 0. The first kappa shape index (κ1) is 25.0. The Labute approximate surface area is 206 Å². The molecule has 36 heavy (non-hydrogen) atoms. The molecule has 0 unspecified atom stereocenters. The van der Waals surface area contributed by atoms with E-state index in [2.05, 4.69) is 30.8 Å². The summed E-state index contributed by atoms with van der Waals surface area (Å²) in [5, 5.41) is 8.02. The Kier molecular flexibility index (Phi) is 7.44. The summed E-state index contributed by atoms with van der Waals surface area (Å²) in [4.78, 5) is 24.6. The van der Waals surface area contributed by atoms with E-state index in [1.165, 1.54) is 6.33 Å². The lowest BCUT2D eigenvalue weighted by atomic mass is 10.1. The van der Waals surface area contributed by atoms with E-state index in [1.54, 1.807) is 43.4 Å². The van der Waals surface area contributed by atoms with Crippen LogP contribution in [0, 0.1) is 0 Å². The number of carbonyl (C=O) groups is 1. The number of benzene rings is 2. The second-order valence-corrected chi connectivity index (χ2v) is 8.25. The third kappa shape index (κ3) is 6.54. The molecule has 1 aliphatic heterocycles. The Bertz CT molecular complexity index is 1200. The maximum Gasteiger partial charge on any atom is 0.416 e. The minimum Gasteiger partial charge on any atom is -0.439 e. The number of likely N-dealkylation sites (N-methyl/N-ethyl adjacent to an activating group) is 1. The number of ether oxygens (including phenoxy) is 1. The fourth-order valence-corrected chi connectivity index (χ4v) is 3.65. The summed E-state index contributed by atoms with van der Waals surface area (Å²) in [6, 6.07) is 11.0. The molecule has 1 saturated heterocycles. The Morgan fingerprint density at radius 2 is 1.64 bits per heavy atom. The zero-order valence-electron chi connectivity index (χ0n) is 19.8. The smallest absolute Gasteiger partial charge is 0.416 e. The molecule has 190 valence electrons. The first-order valence-electron chi connectivity index (χ1n) is 11.2. The number of piperazine rings is 1. The zero-order chi connectivity index (χ0) is 25.7. The van der Waals surface area contributed by atoms with Crippen LogP contribution in [-0.2, 0) is 6.18 Å². The number of hydrogen-bond donors (Lipinski definition) is 3. The van der Waals surface area contributed by atoms with Gasteiger partial charge in [0, 0.05) is 56.4 Å². The molecule has 2 amide bonds. The lowest BCUT2D eigenvalue weighted by Gasteiger charge is -2.34. The molecule has 9 nitrogen and oxygen atoms in total. The monoisotopic (exact) mass is 501 g/mol. The van der Waals surface area contributed by atoms with E-state index in [9.17, 15) is 18.0 Å². The fourth-order valence-electron chi connectivity index (χ4n) is 3.65. The average Bonchev–Trinajstić information content (AvgIpc) is 2.85. The molecule has 0 radical (unpaired) electrons. The fraction of sp³-hybridized carbons (Fsp3) is 0.292. The second kappa shape index (κ2) is 10.7. The van der Waals surface area contributed by atoms with Crippen LogP contribution >= 0.6 is 0 Å². The molecule has 0 saturated carbocycles. The largest absolute Gasteiger partial charge is 0.439 e. The highest BCUT2D eigenvalue weighted by atomic mass is 19.4. The van der Waals surface area contributed by atoms with Crippen molar-refractivity contribution in [2.24, 2.45) is 0 Å². The van der Waals surface area contributed by atoms with Crippen LogP contribution in [0.5, 0.6) is 11.6 Å². The number of hydrogen-bond acceptors (Lipinski definition) is 7. The van der Waals surface area contributed by atoms with Gasteiger partial charge in [0.05, 0.1) is 5.56 Å². The van der Waals surface area contributed by atoms with Gasteiger partial charge in [-0.2, -0.15) is 13.2 Å². The molecule has 0 bridgehead atoms. The minimum absolute atomic E-state index is 0.0558. The minimum atomic E-state index is -4.54. The number of anilines is 4. The van der Waals surface area contributed by atoms with E-state index in [4.69, 9.17) is 4.74 Å². The molecule has 4 rings (SSSR count). The van der Waals surface area contributed by atoms with Crippen LogP contribution in [0.4, 0.5) is 40.8 Å². The number of halogens is 3. The van der Waals surface area contributed by atoms with Gasteiger partial charge in [-0.25, -0.2) is 14.8 Å². The quantitative estimate of drug-likeness (QED) is 0.450. The average molecular weight is 502 g/mol. The lowest BCUT2D eigenvalue weighted by Crippen LogP contribution is -2.44. The van der Waals surface area contributed by atoms with Crippen LogP contribution in [0.2, 0.25) is 0 Å². The molecule has 0 aliphatic carbocycles. The molecule has 3 N–H and O–H groups in total. The van der Waals surface area contributed by atoms with E-state index >= 15 is 0 Å². The molecule has 1 aliphatic rings. The van der Waals surface area contributed by atoms with Crippen molar-refractivity contribution in [3.05, 3.63) is 60.4 Å². The molecule has 12 heteroatoms. The molecule has 2 heterocycles. The summed E-state index contributed by atoms with van der Waals surface area (Å²) in [6.07, 6.45) is -3.17. The number of amides is 2. The number of nitrogens with one attached hydrogen (secondary N) is 3. The number of alkyl halides is 3. The predicted molar refractivity (Wildman–Crippen MR) is 132 cm³/mol. The Hall–Kier alpha value is -4.06. The van der Waals surface area contributed by atoms with Crippen molar-refractivity contribution in [3.8, 4) is 11.6 Å². The van der Waals surface area contributed by atoms with Gasteiger partial charge < -0.3 is 30.5 Å². The first-order chi connectivity index (χ1) is 17.2. The molecule has 0 atom stereocenters. The molecule has 1 aromatic heterocycles. The van der Waals surface area contributed by atoms with Crippen molar-refractivity contribution >= 4 is 28.9 Å². The van der Waals surface area contributed by atoms with Crippen molar-refractivity contribution in [1.29, 1.82) is 0 Å². The van der Waals surface area contributed by atoms with E-state index in [0.29, 0.717) is 41.9 Å². The third-order valence-corrected chi connectivity index (χ3v) is 5.60. The summed E-state index contributed by atoms with van der Waals surface area (Å²) in [5.74, 6) is 1.42. The van der Waals surface area contributed by atoms with Crippen LogP contribution in [0.25, 0.3) is 0 Å². The topological polar surface area (TPSA) is 94.6 Å². The lowest BCUT2D eigenvalue weighted by molar-refractivity contribution is -0.137. The van der Waals surface area contributed by atoms with Crippen LogP contribution in [0.3, 0.4) is 0 Å². The Morgan fingerprint density at radius 1 is 0.944 bits per heavy atom. The predicted octanol–water partition coefficient (Wildman–Crippen LogP) is 4.73. The van der Waals surface area contributed by atoms with Gasteiger partial charge in [0.25, 0.3) is 0 Å². The van der Waals surface area contributed by atoms with Gasteiger partial charge in [0.2, 0.25) is 5.88 Å². The molecule has 2 aromatic carbocycles. The maximum atomic E-state index is 13.5.